The number of imidazole rings is 1. The highest BCUT2D eigenvalue weighted by Crippen LogP contribution is 2.29. The van der Waals surface area contributed by atoms with Crippen molar-refractivity contribution in [2.24, 2.45) is 0 Å². The molecular formula is C24H19N2OS+. The van der Waals surface area contributed by atoms with E-state index in [1.807, 2.05) is 62.4 Å². The van der Waals surface area contributed by atoms with Crippen LogP contribution in [-0.2, 0) is 0 Å². The Kier molecular flexibility index (Phi) is 3.88. The lowest BCUT2D eigenvalue weighted by atomic mass is 10.0. The molecular weight excluding hydrogens is 364 g/mol. The van der Waals surface area contributed by atoms with Gasteiger partial charge in [0.2, 0.25) is 11.5 Å². The molecule has 0 aliphatic heterocycles. The predicted molar refractivity (Wildman–Crippen MR) is 114 cm³/mol. The molecule has 0 aliphatic carbocycles. The van der Waals surface area contributed by atoms with Crippen LogP contribution in [0.1, 0.15) is 27.3 Å². The summed E-state index contributed by atoms with van der Waals surface area (Å²) in [5.74, 6) is 0.0429. The summed E-state index contributed by atoms with van der Waals surface area (Å²) in [4.78, 5) is 14.6. The monoisotopic (exact) mass is 383 g/mol. The first-order valence-corrected chi connectivity index (χ1v) is 10.1. The van der Waals surface area contributed by atoms with Crippen LogP contribution in [0.25, 0.3) is 20.9 Å². The van der Waals surface area contributed by atoms with E-state index in [-0.39, 0.29) is 5.78 Å². The van der Waals surface area contributed by atoms with Gasteiger partial charge in [-0.25, -0.2) is 0 Å². The summed E-state index contributed by atoms with van der Waals surface area (Å²) in [5, 5.41) is 0. The summed E-state index contributed by atoms with van der Waals surface area (Å²) in [6.07, 6.45) is 0. The number of fused-ring (bicyclic) bond motifs is 3. The number of para-hydroxylation sites is 2. The lowest BCUT2D eigenvalue weighted by Crippen LogP contribution is -2.21. The van der Waals surface area contributed by atoms with Gasteiger partial charge < -0.3 is 0 Å². The van der Waals surface area contributed by atoms with Crippen molar-refractivity contribution >= 4 is 32.3 Å². The van der Waals surface area contributed by atoms with Gasteiger partial charge in [0.1, 0.15) is 5.69 Å². The molecule has 0 unspecified atom stereocenters. The number of rotatable bonds is 3. The van der Waals surface area contributed by atoms with Crippen molar-refractivity contribution in [3.8, 4) is 5.69 Å². The molecule has 2 heterocycles. The molecule has 3 aromatic carbocycles. The van der Waals surface area contributed by atoms with Crippen LogP contribution in [0, 0.1) is 13.8 Å². The van der Waals surface area contributed by atoms with Crippen molar-refractivity contribution in [1.82, 2.24) is 4.57 Å². The van der Waals surface area contributed by atoms with Crippen LogP contribution < -0.4 is 4.40 Å². The molecule has 0 amide bonds. The summed E-state index contributed by atoms with van der Waals surface area (Å²) in [5.41, 5.74) is 5.66. The second-order valence-electron chi connectivity index (χ2n) is 6.99. The van der Waals surface area contributed by atoms with Crippen LogP contribution in [0.15, 0.2) is 78.9 Å². The highest BCUT2D eigenvalue weighted by Gasteiger charge is 2.33. The second-order valence-corrected chi connectivity index (χ2v) is 8.00. The van der Waals surface area contributed by atoms with Crippen LogP contribution >= 0.6 is 11.3 Å². The zero-order valence-electron chi connectivity index (χ0n) is 15.7. The number of carbonyl (C=O) groups is 1. The molecule has 2 aromatic heterocycles. The third-order valence-electron chi connectivity index (χ3n) is 5.13. The van der Waals surface area contributed by atoms with Gasteiger partial charge in [0.15, 0.2) is 11.2 Å². The average Bonchev–Trinajstić information content (AvgIpc) is 3.23. The molecule has 5 aromatic rings. The first-order valence-electron chi connectivity index (χ1n) is 9.26. The van der Waals surface area contributed by atoms with Gasteiger partial charge in [0.05, 0.1) is 4.70 Å². The normalized spacial score (nSPS) is 11.4. The Hall–Kier alpha value is -3.24. The van der Waals surface area contributed by atoms with E-state index in [0.717, 1.165) is 27.4 Å². The number of hydrogen-bond donors (Lipinski definition) is 0. The minimum Gasteiger partial charge on any atom is -0.284 e. The molecule has 0 radical (unpaired) electrons. The van der Waals surface area contributed by atoms with E-state index in [1.54, 1.807) is 11.3 Å². The van der Waals surface area contributed by atoms with Gasteiger partial charge in [-0.15, -0.1) is 0 Å². The first-order chi connectivity index (χ1) is 13.6. The average molecular weight is 383 g/mol. The van der Waals surface area contributed by atoms with Crippen LogP contribution in [0.5, 0.6) is 0 Å². The lowest BCUT2D eigenvalue weighted by molar-refractivity contribution is -0.484. The Labute approximate surface area is 167 Å². The zero-order valence-corrected chi connectivity index (χ0v) is 16.5. The van der Waals surface area contributed by atoms with E-state index in [9.17, 15) is 4.79 Å². The summed E-state index contributed by atoms with van der Waals surface area (Å²) < 4.78 is 5.51. The van der Waals surface area contributed by atoms with Crippen molar-refractivity contribution in [3.63, 3.8) is 0 Å². The maximum absolute atomic E-state index is 13.5. The minimum absolute atomic E-state index is 0.0429. The molecule has 0 saturated heterocycles. The Morgan fingerprint density at radius 3 is 2.29 bits per heavy atom. The molecule has 0 atom stereocenters. The standard InChI is InChI=1S/C24H19N2OS/c1-16-12-14-18(15-13-16)23(27)22-17(2)25-20-10-6-7-11-21(20)28-24(25)26(22)19-8-4-3-5-9-19/h3-15H,1-2H3/q+1. The Morgan fingerprint density at radius 1 is 0.857 bits per heavy atom. The molecule has 0 spiro atoms. The van der Waals surface area contributed by atoms with Gasteiger partial charge in [-0.1, -0.05) is 60.2 Å². The molecule has 3 nitrogen and oxygen atoms in total. The predicted octanol–water partition coefficient (Wildman–Crippen LogP) is 5.28. The van der Waals surface area contributed by atoms with Gasteiger partial charge in [0.25, 0.3) is 0 Å². The first kappa shape index (κ1) is 16.9. The summed E-state index contributed by atoms with van der Waals surface area (Å²) in [6, 6.07) is 26.3. The Morgan fingerprint density at radius 2 is 1.54 bits per heavy atom. The van der Waals surface area contributed by atoms with Crippen LogP contribution in [0.2, 0.25) is 0 Å². The molecule has 5 rings (SSSR count). The van der Waals surface area contributed by atoms with E-state index in [1.165, 1.54) is 4.70 Å². The molecule has 0 aliphatic rings. The summed E-state index contributed by atoms with van der Waals surface area (Å²) in [6.45, 7) is 4.07. The summed E-state index contributed by atoms with van der Waals surface area (Å²) in [7, 11) is 0. The number of ketones is 1. The fourth-order valence-electron chi connectivity index (χ4n) is 3.73. The smallest absolute Gasteiger partial charge is 0.284 e. The molecule has 136 valence electrons. The molecule has 4 heteroatoms. The number of nitrogens with zero attached hydrogens (tertiary/aromatic N) is 2. The summed E-state index contributed by atoms with van der Waals surface area (Å²) >= 11 is 1.71. The number of aryl methyl sites for hydroxylation is 2. The molecule has 0 bridgehead atoms. The fraction of sp³-hybridized carbons (Fsp3) is 0.0833. The number of carbonyl (C=O) groups excluding carboxylic acids is 1. The molecule has 0 N–H and O–H groups in total. The quantitative estimate of drug-likeness (QED) is 0.307. The van der Waals surface area contributed by atoms with Gasteiger partial charge in [-0.2, -0.15) is 8.97 Å². The van der Waals surface area contributed by atoms with E-state index >= 15 is 0 Å². The number of aromatic nitrogens is 2. The maximum atomic E-state index is 13.5. The number of thiazole rings is 1. The van der Waals surface area contributed by atoms with Crippen molar-refractivity contribution in [3.05, 3.63) is 101 Å². The largest absolute Gasteiger partial charge is 0.352 e. The Balaban J connectivity index is 1.86. The van der Waals surface area contributed by atoms with Gasteiger partial charge in [0, 0.05) is 12.5 Å². The van der Waals surface area contributed by atoms with Crippen LogP contribution in [0.3, 0.4) is 0 Å². The van der Waals surface area contributed by atoms with E-state index in [4.69, 9.17) is 0 Å². The number of hydrogen-bond acceptors (Lipinski definition) is 2. The van der Waals surface area contributed by atoms with Crippen molar-refractivity contribution in [2.75, 3.05) is 0 Å². The van der Waals surface area contributed by atoms with E-state index in [2.05, 4.69) is 39.3 Å². The van der Waals surface area contributed by atoms with Gasteiger partial charge >= 0.3 is 4.96 Å². The maximum Gasteiger partial charge on any atom is 0.352 e. The number of benzene rings is 3. The van der Waals surface area contributed by atoms with Crippen molar-refractivity contribution in [1.29, 1.82) is 0 Å². The van der Waals surface area contributed by atoms with Crippen molar-refractivity contribution in [2.45, 2.75) is 13.8 Å². The van der Waals surface area contributed by atoms with E-state index < -0.39 is 0 Å². The lowest BCUT2D eigenvalue weighted by Gasteiger charge is -2.03. The molecule has 0 saturated carbocycles. The minimum atomic E-state index is 0.0429. The second kappa shape index (κ2) is 6.43. The fourth-order valence-corrected chi connectivity index (χ4v) is 4.95. The Bertz CT molecular complexity index is 1330. The third kappa shape index (κ3) is 2.49. The van der Waals surface area contributed by atoms with Crippen molar-refractivity contribution < 1.29 is 9.20 Å². The zero-order chi connectivity index (χ0) is 19.3. The SMILES string of the molecule is Cc1ccc(C(=O)c2c(C)[n+]3c4ccccc4sc3n2-c2ccccc2)cc1. The highest BCUT2D eigenvalue weighted by molar-refractivity contribution is 7.23. The van der Waals surface area contributed by atoms with Gasteiger partial charge in [-0.3, -0.25) is 4.79 Å². The van der Waals surface area contributed by atoms with Crippen LogP contribution in [-0.4, -0.2) is 10.4 Å². The van der Waals surface area contributed by atoms with E-state index in [0.29, 0.717) is 11.3 Å². The van der Waals surface area contributed by atoms with Crippen LogP contribution in [0.4, 0.5) is 0 Å². The molecule has 28 heavy (non-hydrogen) atoms. The third-order valence-corrected chi connectivity index (χ3v) is 6.25. The molecule has 0 fully saturated rings. The highest BCUT2D eigenvalue weighted by atomic mass is 32.1. The topological polar surface area (TPSA) is 26.1 Å². The van der Waals surface area contributed by atoms with Gasteiger partial charge in [-0.05, 0) is 42.5 Å².